The monoisotopic (exact) mass is 680 g/mol. The number of halogens is 4. The second-order valence-electron chi connectivity index (χ2n) is 11.1. The lowest BCUT2D eigenvalue weighted by Crippen LogP contribution is -2.38. The van der Waals surface area contributed by atoms with Crippen LogP contribution >= 0.6 is 0 Å². The third kappa shape index (κ3) is 8.04. The van der Waals surface area contributed by atoms with Crippen LogP contribution in [0.1, 0.15) is 41.6 Å². The normalized spacial score (nSPS) is 16.8. The van der Waals surface area contributed by atoms with Crippen molar-refractivity contribution < 1.29 is 45.8 Å². The van der Waals surface area contributed by atoms with Gasteiger partial charge in [0.25, 0.3) is 5.91 Å². The van der Waals surface area contributed by atoms with Gasteiger partial charge >= 0.3 is 12.1 Å². The number of rotatable bonds is 6. The van der Waals surface area contributed by atoms with Gasteiger partial charge in [0.15, 0.2) is 11.5 Å². The van der Waals surface area contributed by atoms with Gasteiger partial charge < -0.3 is 20.8 Å². The van der Waals surface area contributed by atoms with Crippen LogP contribution < -0.4 is 10.5 Å². The van der Waals surface area contributed by atoms with Gasteiger partial charge in [0.05, 0.1) is 28.6 Å². The summed E-state index contributed by atoms with van der Waals surface area (Å²) in [5, 5.41) is 16.9. The molecule has 0 saturated heterocycles. The van der Waals surface area contributed by atoms with E-state index in [1.165, 1.54) is 17.0 Å². The highest BCUT2D eigenvalue weighted by atomic mass is 32.2. The van der Waals surface area contributed by atoms with Crippen LogP contribution in [0, 0.1) is 12.7 Å². The molecule has 1 aliphatic carbocycles. The van der Waals surface area contributed by atoms with E-state index in [1.807, 2.05) is 6.92 Å². The molecule has 2 heterocycles. The molecule has 1 fully saturated rings. The molecule has 2 aromatic carbocycles. The van der Waals surface area contributed by atoms with Crippen LogP contribution in [-0.2, 0) is 14.8 Å². The number of hydrogen-bond acceptors (Lipinski definition) is 8. The van der Waals surface area contributed by atoms with Crippen LogP contribution in [0.3, 0.4) is 0 Å². The number of nitrogens with zero attached hydrogens (tertiary/aromatic N) is 4. The Kier molecular flexibility index (Phi) is 10.2. The van der Waals surface area contributed by atoms with Crippen molar-refractivity contribution in [1.29, 1.82) is 0 Å². The fourth-order valence-electron chi connectivity index (χ4n) is 4.98. The third-order valence-corrected chi connectivity index (χ3v) is 8.99. The minimum Gasteiger partial charge on any atom is -0.475 e. The highest BCUT2D eigenvalue weighted by Crippen LogP contribution is 2.31. The number of aliphatic hydroxyl groups is 1. The number of carbonyl (C=O) groups excluding carboxylic acids is 1. The number of imidazole rings is 1. The number of alkyl halides is 3. The highest BCUT2D eigenvalue weighted by molar-refractivity contribution is 7.89. The lowest BCUT2D eigenvalue weighted by Gasteiger charge is -2.26. The molecule has 5 rings (SSSR count). The van der Waals surface area contributed by atoms with Crippen LogP contribution in [0.2, 0.25) is 0 Å². The number of hydrogen-bond donors (Lipinski definition) is 4. The summed E-state index contributed by atoms with van der Waals surface area (Å²) in [6.07, 6.45) is -0.0548. The summed E-state index contributed by atoms with van der Waals surface area (Å²) in [6, 6.07) is 8.77. The molecule has 1 amide bonds. The molecule has 252 valence electrons. The molecular weight excluding hydrogens is 648 g/mol. The van der Waals surface area contributed by atoms with E-state index in [0.29, 0.717) is 42.6 Å². The first-order valence-corrected chi connectivity index (χ1v) is 15.6. The zero-order valence-corrected chi connectivity index (χ0v) is 26.2. The van der Waals surface area contributed by atoms with Crippen molar-refractivity contribution >= 4 is 33.4 Å². The van der Waals surface area contributed by atoms with Crippen LogP contribution in [0.15, 0.2) is 53.7 Å². The molecule has 5 N–H and O–H groups in total. The van der Waals surface area contributed by atoms with E-state index in [4.69, 9.17) is 15.6 Å². The van der Waals surface area contributed by atoms with E-state index in [2.05, 4.69) is 14.7 Å². The maximum atomic E-state index is 15.1. The molecule has 1 saturated carbocycles. The molecule has 0 unspecified atom stereocenters. The van der Waals surface area contributed by atoms with Gasteiger partial charge in [-0.3, -0.25) is 9.20 Å². The largest absolute Gasteiger partial charge is 0.490 e. The molecule has 0 aliphatic heterocycles. The summed E-state index contributed by atoms with van der Waals surface area (Å²) in [5.41, 5.74) is 9.09. The number of nitrogen functional groups attached to an aromatic ring is 1. The number of carbonyl (C=O) groups is 2. The lowest BCUT2D eigenvalue weighted by molar-refractivity contribution is -0.192. The predicted molar refractivity (Wildman–Crippen MR) is 163 cm³/mol. The van der Waals surface area contributed by atoms with E-state index < -0.39 is 28.0 Å². The van der Waals surface area contributed by atoms with Crippen LogP contribution in [0.5, 0.6) is 0 Å². The Morgan fingerprint density at radius 3 is 2.28 bits per heavy atom. The Morgan fingerprint density at radius 2 is 1.70 bits per heavy atom. The smallest absolute Gasteiger partial charge is 0.475 e. The number of nitrogens with two attached hydrogens (primary N) is 1. The Hall–Kier alpha value is -4.61. The van der Waals surface area contributed by atoms with Crippen molar-refractivity contribution in [2.45, 2.75) is 55.8 Å². The molecular formula is C30H32F4N6O6S. The zero-order chi connectivity index (χ0) is 34.8. The first kappa shape index (κ1) is 35.2. The number of carboxylic acids is 1. The predicted octanol–water partition coefficient (Wildman–Crippen LogP) is 4.01. The van der Waals surface area contributed by atoms with Gasteiger partial charge in [0.1, 0.15) is 5.82 Å². The van der Waals surface area contributed by atoms with Gasteiger partial charge in [-0.15, -0.1) is 0 Å². The summed E-state index contributed by atoms with van der Waals surface area (Å²) in [7, 11) is -0.647. The lowest BCUT2D eigenvalue weighted by atomic mass is 9.94. The summed E-state index contributed by atoms with van der Waals surface area (Å²) < 4.78 is 77.8. The Balaban J connectivity index is 0.000000644. The Morgan fingerprint density at radius 1 is 1.06 bits per heavy atom. The number of amides is 1. The molecule has 0 radical (unpaired) electrons. The second kappa shape index (κ2) is 13.6. The van der Waals surface area contributed by atoms with E-state index in [9.17, 15) is 31.5 Å². The second-order valence-corrected chi connectivity index (χ2v) is 12.9. The number of nitrogens with one attached hydrogen (secondary N) is 1. The van der Waals surface area contributed by atoms with E-state index in [1.54, 1.807) is 49.1 Å². The summed E-state index contributed by atoms with van der Waals surface area (Å²) in [6.45, 7) is 1.85. The van der Waals surface area contributed by atoms with Crippen molar-refractivity contribution in [2.75, 3.05) is 19.8 Å². The quantitative estimate of drug-likeness (QED) is 0.219. The standard InChI is InChI=1S/C28H31FN6O4S.C2HF3O2/c1-16-4-10-20(40(38,39)33-18-6-8-19(36)9-7-18)13-22(16)25-14-31-27-26(30)32-24(15-35(25)27)21-11-5-17(12-23(21)29)28(37)34(2)3;3-2(4,5)1(6)7/h4-5,10-15,18-19,33,36H,6-9H2,1-3H3,(H2,30,32);(H,6,7). The van der Waals surface area contributed by atoms with Crippen molar-refractivity contribution in [3.05, 3.63) is 65.7 Å². The topological polar surface area (TPSA) is 180 Å². The number of carboxylic acid groups (broad SMARTS) is 1. The zero-order valence-electron chi connectivity index (χ0n) is 25.4. The molecule has 12 nitrogen and oxygen atoms in total. The fraction of sp³-hybridized carbons (Fsp3) is 0.333. The van der Waals surface area contributed by atoms with Crippen molar-refractivity contribution in [3.8, 4) is 22.5 Å². The number of benzene rings is 2. The number of aromatic nitrogens is 3. The number of aryl methyl sites for hydroxylation is 1. The molecule has 1 aliphatic rings. The number of sulfonamides is 1. The Labute approximate surface area is 266 Å². The fourth-order valence-corrected chi connectivity index (χ4v) is 6.31. The minimum atomic E-state index is -5.08. The number of aliphatic hydroxyl groups excluding tert-OH is 1. The summed E-state index contributed by atoms with van der Waals surface area (Å²) in [5.74, 6) is -3.65. The maximum absolute atomic E-state index is 15.1. The maximum Gasteiger partial charge on any atom is 0.490 e. The van der Waals surface area contributed by atoms with Gasteiger partial charge in [0.2, 0.25) is 10.0 Å². The summed E-state index contributed by atoms with van der Waals surface area (Å²) in [4.78, 5) is 31.3. The first-order chi connectivity index (χ1) is 21.9. The molecule has 17 heteroatoms. The summed E-state index contributed by atoms with van der Waals surface area (Å²) >= 11 is 0. The van der Waals surface area contributed by atoms with Crippen LogP contribution in [-0.4, -0.2) is 82.2 Å². The number of aliphatic carboxylic acids is 1. The average Bonchev–Trinajstić information content (AvgIpc) is 3.42. The molecule has 4 aromatic rings. The Bertz CT molecular complexity index is 1920. The van der Waals surface area contributed by atoms with E-state index in [0.717, 1.165) is 11.6 Å². The molecule has 2 aromatic heterocycles. The highest BCUT2D eigenvalue weighted by Gasteiger charge is 2.38. The van der Waals surface area contributed by atoms with Gasteiger partial charge in [-0.2, -0.15) is 13.2 Å². The molecule has 0 atom stereocenters. The minimum absolute atomic E-state index is 0.0687. The van der Waals surface area contributed by atoms with Crippen LogP contribution in [0.4, 0.5) is 23.4 Å². The van der Waals surface area contributed by atoms with Gasteiger partial charge in [-0.1, -0.05) is 6.07 Å². The SMILES string of the molecule is Cc1ccc(S(=O)(=O)NC2CCC(O)CC2)cc1-c1cnc2c(N)nc(-c3ccc(C(=O)N(C)C)cc3F)cn12.O=C(O)C(F)(F)F. The molecule has 47 heavy (non-hydrogen) atoms. The first-order valence-electron chi connectivity index (χ1n) is 14.2. The molecule has 0 bridgehead atoms. The van der Waals surface area contributed by atoms with Crippen molar-refractivity contribution in [3.63, 3.8) is 0 Å². The van der Waals surface area contributed by atoms with Gasteiger partial charge in [-0.05, 0) is 68.5 Å². The van der Waals surface area contributed by atoms with Gasteiger partial charge in [0, 0.05) is 43.0 Å². The average molecular weight is 681 g/mol. The number of anilines is 1. The van der Waals surface area contributed by atoms with Crippen LogP contribution in [0.25, 0.3) is 28.2 Å². The molecule has 0 spiro atoms. The van der Waals surface area contributed by atoms with Gasteiger partial charge in [-0.25, -0.2) is 32.3 Å². The third-order valence-electron chi connectivity index (χ3n) is 7.47. The van der Waals surface area contributed by atoms with E-state index in [-0.39, 0.29) is 45.6 Å². The van der Waals surface area contributed by atoms with Crippen molar-refractivity contribution in [1.82, 2.24) is 24.0 Å². The number of fused-ring (bicyclic) bond motifs is 1. The van der Waals surface area contributed by atoms with Crippen molar-refractivity contribution in [2.24, 2.45) is 0 Å². The van der Waals surface area contributed by atoms with E-state index >= 15 is 4.39 Å².